The van der Waals surface area contributed by atoms with Gasteiger partial charge in [-0.1, -0.05) is 24.3 Å². The van der Waals surface area contributed by atoms with Crippen LogP contribution in [0.5, 0.6) is 0 Å². The normalized spacial score (nSPS) is 37.2. The Balaban J connectivity index is 1.94. The fourth-order valence-electron chi connectivity index (χ4n) is 2.94. The first kappa shape index (κ1) is 9.18. The number of carbonyl (C=O) groups is 2. The molecular formula is C12H10N2O3. The van der Waals surface area contributed by atoms with Crippen LogP contribution in [-0.2, 0) is 15.1 Å². The number of rotatable bonds is 0. The van der Waals surface area contributed by atoms with Crippen LogP contribution in [0.4, 0.5) is 4.79 Å². The highest BCUT2D eigenvalue weighted by Crippen LogP contribution is 2.53. The largest absolute Gasteiger partial charge is 0.364 e. The molecule has 4 rings (SSSR count). The molecule has 3 amide bonds. The first-order valence-corrected chi connectivity index (χ1v) is 5.59. The second kappa shape index (κ2) is 2.68. The van der Waals surface area contributed by atoms with Crippen molar-refractivity contribution in [2.45, 2.75) is 24.2 Å². The minimum atomic E-state index is -0.925. The van der Waals surface area contributed by atoms with E-state index in [1.807, 2.05) is 24.3 Å². The topological polar surface area (TPSA) is 70.7 Å². The van der Waals surface area contributed by atoms with Crippen LogP contribution in [0.1, 0.15) is 23.7 Å². The summed E-state index contributed by atoms with van der Waals surface area (Å²) in [6.07, 6.45) is 0.669. The fraction of sp³-hybridized carbons (Fsp3) is 0.333. The van der Waals surface area contributed by atoms with E-state index in [4.69, 9.17) is 4.74 Å². The van der Waals surface area contributed by atoms with Gasteiger partial charge in [-0.25, -0.2) is 4.79 Å². The lowest BCUT2D eigenvalue weighted by molar-refractivity contribution is -0.124. The zero-order chi connectivity index (χ0) is 11.6. The van der Waals surface area contributed by atoms with Crippen molar-refractivity contribution in [3.8, 4) is 0 Å². The molecule has 0 radical (unpaired) electrons. The molecule has 3 atom stereocenters. The second-order valence-electron chi connectivity index (χ2n) is 4.70. The Morgan fingerprint density at radius 3 is 2.88 bits per heavy atom. The molecule has 3 aliphatic rings. The Labute approximate surface area is 97.1 Å². The zero-order valence-electron chi connectivity index (χ0n) is 8.90. The Bertz CT molecular complexity index is 556. The summed E-state index contributed by atoms with van der Waals surface area (Å²) in [5.74, 6) is -0.274. The van der Waals surface area contributed by atoms with Gasteiger partial charge in [-0.05, 0) is 11.1 Å². The van der Waals surface area contributed by atoms with Crippen LogP contribution in [0.15, 0.2) is 24.3 Å². The van der Waals surface area contributed by atoms with Crippen LogP contribution in [0, 0.1) is 0 Å². The summed E-state index contributed by atoms with van der Waals surface area (Å²) in [6, 6.07) is 7.22. The number of urea groups is 1. The van der Waals surface area contributed by atoms with Crippen molar-refractivity contribution < 1.29 is 14.3 Å². The van der Waals surface area contributed by atoms with E-state index < -0.39 is 11.6 Å². The monoisotopic (exact) mass is 230 g/mol. The first-order chi connectivity index (χ1) is 8.21. The van der Waals surface area contributed by atoms with Gasteiger partial charge in [0.1, 0.15) is 11.6 Å². The Hall–Kier alpha value is -1.88. The zero-order valence-corrected chi connectivity index (χ0v) is 8.90. The molecule has 2 N–H and O–H groups in total. The van der Waals surface area contributed by atoms with Crippen LogP contribution in [-0.4, -0.2) is 18.0 Å². The van der Waals surface area contributed by atoms with Gasteiger partial charge in [0.15, 0.2) is 0 Å². The summed E-state index contributed by atoms with van der Waals surface area (Å²) in [5, 5.41) is 5.07. The number of imide groups is 1. The second-order valence-corrected chi connectivity index (χ2v) is 4.70. The van der Waals surface area contributed by atoms with Gasteiger partial charge in [0.25, 0.3) is 5.91 Å². The number of ether oxygens (including phenoxy) is 1. The molecule has 0 aromatic heterocycles. The van der Waals surface area contributed by atoms with Crippen LogP contribution in [0.25, 0.3) is 0 Å². The molecule has 1 aromatic rings. The smallest absolute Gasteiger partial charge is 0.322 e. The highest BCUT2D eigenvalue weighted by Gasteiger charge is 2.60. The van der Waals surface area contributed by atoms with Crippen molar-refractivity contribution in [2.75, 3.05) is 0 Å². The molecule has 0 bridgehead atoms. The molecule has 86 valence electrons. The molecule has 0 saturated carbocycles. The molecule has 1 spiro atoms. The first-order valence-electron chi connectivity index (χ1n) is 5.59. The summed E-state index contributed by atoms with van der Waals surface area (Å²) in [5.41, 5.74) is 0.953. The maximum absolute atomic E-state index is 12.0. The van der Waals surface area contributed by atoms with Crippen LogP contribution in [0.2, 0.25) is 0 Å². The van der Waals surface area contributed by atoms with Gasteiger partial charge in [-0.15, -0.1) is 0 Å². The third kappa shape index (κ3) is 1.02. The molecule has 5 nitrogen and oxygen atoms in total. The average molecular weight is 230 g/mol. The minimum absolute atomic E-state index is 0.0500. The molecular weight excluding hydrogens is 220 g/mol. The Morgan fingerprint density at radius 2 is 2.12 bits per heavy atom. The predicted octanol–water partition coefficient (Wildman–Crippen LogP) is 0.565. The number of epoxide rings is 1. The molecule has 1 aliphatic carbocycles. The number of amides is 3. The van der Waals surface area contributed by atoms with E-state index in [2.05, 4.69) is 10.6 Å². The van der Waals surface area contributed by atoms with E-state index in [9.17, 15) is 9.59 Å². The average Bonchev–Trinajstić information content (AvgIpc) is 3.02. The van der Waals surface area contributed by atoms with E-state index in [1.54, 1.807) is 0 Å². The van der Waals surface area contributed by atoms with E-state index >= 15 is 0 Å². The maximum Gasteiger partial charge on any atom is 0.322 e. The lowest BCUT2D eigenvalue weighted by atomic mass is 9.76. The number of benzene rings is 1. The summed E-state index contributed by atoms with van der Waals surface area (Å²) in [4.78, 5) is 23.4. The number of nitrogens with one attached hydrogen (secondary N) is 2. The van der Waals surface area contributed by atoms with E-state index in [1.165, 1.54) is 0 Å². The van der Waals surface area contributed by atoms with E-state index in [-0.39, 0.29) is 18.1 Å². The van der Waals surface area contributed by atoms with Gasteiger partial charge < -0.3 is 10.1 Å². The quantitative estimate of drug-likeness (QED) is 0.505. The van der Waals surface area contributed by atoms with E-state index in [0.717, 1.165) is 11.1 Å². The molecule has 2 saturated heterocycles. The van der Waals surface area contributed by atoms with Crippen LogP contribution >= 0.6 is 0 Å². The van der Waals surface area contributed by atoms with Crippen molar-refractivity contribution in [1.82, 2.24) is 10.6 Å². The lowest BCUT2D eigenvalue weighted by Gasteiger charge is -2.30. The van der Waals surface area contributed by atoms with Crippen molar-refractivity contribution in [2.24, 2.45) is 0 Å². The van der Waals surface area contributed by atoms with Crippen molar-refractivity contribution >= 4 is 11.9 Å². The van der Waals surface area contributed by atoms with Gasteiger partial charge in [0.2, 0.25) is 0 Å². The Kier molecular flexibility index (Phi) is 1.45. The third-order valence-corrected chi connectivity index (χ3v) is 3.76. The molecule has 2 heterocycles. The fourth-order valence-corrected chi connectivity index (χ4v) is 2.94. The number of hydrogen-bond acceptors (Lipinski definition) is 3. The van der Waals surface area contributed by atoms with Gasteiger partial charge >= 0.3 is 6.03 Å². The van der Waals surface area contributed by atoms with Crippen molar-refractivity contribution in [1.29, 1.82) is 0 Å². The molecule has 5 heteroatoms. The predicted molar refractivity (Wildman–Crippen MR) is 57.0 cm³/mol. The molecule has 2 fully saturated rings. The summed E-state index contributed by atoms with van der Waals surface area (Å²) in [6.45, 7) is 0. The lowest BCUT2D eigenvalue weighted by Crippen LogP contribution is -2.47. The maximum atomic E-state index is 12.0. The molecule has 17 heavy (non-hydrogen) atoms. The molecule has 1 aromatic carbocycles. The summed E-state index contributed by atoms with van der Waals surface area (Å²) >= 11 is 0. The number of fused-ring (bicyclic) bond motifs is 4. The molecule has 2 aliphatic heterocycles. The van der Waals surface area contributed by atoms with Crippen molar-refractivity contribution in [3.63, 3.8) is 0 Å². The number of hydrogen-bond donors (Lipinski definition) is 2. The van der Waals surface area contributed by atoms with Crippen LogP contribution < -0.4 is 10.6 Å². The minimum Gasteiger partial charge on any atom is -0.364 e. The standard InChI is InChI=1S/C12H10N2O3/c15-10-12(14-11(16)13-10)5-8-9(17-8)6-3-1-2-4-7(6)12/h1-4,8-9H,5H2,(H2,13,14,15,16). The van der Waals surface area contributed by atoms with Crippen molar-refractivity contribution in [3.05, 3.63) is 35.4 Å². The SMILES string of the molecule is O=C1NC(=O)C2(CC3OC3c3ccccc32)N1. The highest BCUT2D eigenvalue weighted by molar-refractivity contribution is 6.07. The number of carbonyl (C=O) groups excluding carboxylic acids is 2. The van der Waals surface area contributed by atoms with Gasteiger partial charge in [0.05, 0.1) is 6.10 Å². The highest BCUT2D eigenvalue weighted by atomic mass is 16.6. The van der Waals surface area contributed by atoms with E-state index in [0.29, 0.717) is 6.42 Å². The van der Waals surface area contributed by atoms with Gasteiger partial charge in [-0.2, -0.15) is 0 Å². The summed E-state index contributed by atoms with van der Waals surface area (Å²) in [7, 11) is 0. The van der Waals surface area contributed by atoms with Gasteiger partial charge in [-0.3, -0.25) is 10.1 Å². The Morgan fingerprint density at radius 1 is 1.29 bits per heavy atom. The summed E-state index contributed by atoms with van der Waals surface area (Å²) < 4.78 is 5.54. The van der Waals surface area contributed by atoms with Crippen LogP contribution in [0.3, 0.4) is 0 Å². The van der Waals surface area contributed by atoms with Gasteiger partial charge in [0, 0.05) is 6.42 Å². The molecule has 3 unspecified atom stereocenters. The third-order valence-electron chi connectivity index (χ3n) is 3.76.